The van der Waals surface area contributed by atoms with E-state index in [-0.39, 0.29) is 0 Å². The lowest BCUT2D eigenvalue weighted by Crippen LogP contribution is -2.00. The van der Waals surface area contributed by atoms with E-state index in [1.165, 1.54) is 6.20 Å². The lowest BCUT2D eigenvalue weighted by molar-refractivity contribution is 0.564. The van der Waals surface area contributed by atoms with Crippen LogP contribution in [0.25, 0.3) is 6.08 Å². The van der Waals surface area contributed by atoms with Crippen molar-refractivity contribution in [1.82, 2.24) is 4.98 Å². The molecule has 0 radical (unpaired) electrons. The monoisotopic (exact) mass is 288 g/mol. The van der Waals surface area contributed by atoms with Gasteiger partial charge in [-0.2, -0.15) is 0 Å². The number of nitrogens with zero attached hydrogens (tertiary/aromatic N) is 1. The molecule has 5 heteroatoms. The summed E-state index contributed by atoms with van der Waals surface area (Å²) < 4.78 is 20.5. The van der Waals surface area contributed by atoms with E-state index < -0.39 is 11.1 Å². The SMILES string of the molecule is CC/C(=C/c1ccncc1S(=O)O)Nc1ccccc1. The van der Waals surface area contributed by atoms with Crippen LogP contribution in [-0.2, 0) is 11.1 Å². The molecule has 0 fully saturated rings. The van der Waals surface area contributed by atoms with Gasteiger partial charge in [-0.1, -0.05) is 25.1 Å². The van der Waals surface area contributed by atoms with E-state index in [0.717, 1.165) is 17.8 Å². The molecule has 0 saturated carbocycles. The normalized spacial score (nSPS) is 13.0. The van der Waals surface area contributed by atoms with Gasteiger partial charge in [-0.3, -0.25) is 4.98 Å². The predicted molar refractivity (Wildman–Crippen MR) is 81.6 cm³/mol. The second kappa shape index (κ2) is 6.98. The first-order valence-electron chi connectivity index (χ1n) is 6.28. The third kappa shape index (κ3) is 3.76. The van der Waals surface area contributed by atoms with E-state index in [2.05, 4.69) is 10.3 Å². The molecule has 2 aromatic rings. The van der Waals surface area contributed by atoms with Crippen molar-refractivity contribution in [3.63, 3.8) is 0 Å². The first-order valence-corrected chi connectivity index (χ1v) is 7.39. The van der Waals surface area contributed by atoms with Gasteiger partial charge in [0, 0.05) is 23.8 Å². The number of anilines is 1. The highest BCUT2D eigenvalue weighted by Gasteiger charge is 2.06. The third-order valence-corrected chi connectivity index (χ3v) is 3.51. The zero-order valence-corrected chi connectivity index (χ0v) is 11.9. The van der Waals surface area contributed by atoms with E-state index in [1.54, 1.807) is 12.3 Å². The summed E-state index contributed by atoms with van der Waals surface area (Å²) in [5.41, 5.74) is 2.65. The molecule has 4 nitrogen and oxygen atoms in total. The summed E-state index contributed by atoms with van der Waals surface area (Å²) in [6.45, 7) is 2.03. The highest BCUT2D eigenvalue weighted by Crippen LogP contribution is 2.18. The Morgan fingerprint density at radius 2 is 2.10 bits per heavy atom. The third-order valence-electron chi connectivity index (χ3n) is 2.79. The number of para-hydroxylation sites is 1. The molecular weight excluding hydrogens is 272 g/mol. The molecule has 0 aliphatic rings. The fourth-order valence-electron chi connectivity index (χ4n) is 1.78. The second-order valence-corrected chi connectivity index (χ2v) is 5.11. The lowest BCUT2D eigenvalue weighted by Gasteiger charge is -2.10. The molecule has 0 saturated heterocycles. The Morgan fingerprint density at radius 3 is 2.75 bits per heavy atom. The summed E-state index contributed by atoms with van der Waals surface area (Å²) in [7, 11) is 0. The molecule has 0 aliphatic heterocycles. The van der Waals surface area contributed by atoms with Gasteiger partial charge in [-0.05, 0) is 36.3 Å². The van der Waals surface area contributed by atoms with E-state index in [9.17, 15) is 8.76 Å². The number of hydrogen-bond donors (Lipinski definition) is 2. The largest absolute Gasteiger partial charge is 0.359 e. The number of aromatic nitrogens is 1. The van der Waals surface area contributed by atoms with Gasteiger partial charge in [0.05, 0.1) is 4.90 Å². The molecule has 1 atom stereocenters. The van der Waals surface area contributed by atoms with Crippen molar-refractivity contribution in [1.29, 1.82) is 0 Å². The fraction of sp³-hybridized carbons (Fsp3) is 0.133. The van der Waals surface area contributed by atoms with E-state index in [0.29, 0.717) is 10.5 Å². The Kier molecular flexibility index (Phi) is 5.03. The van der Waals surface area contributed by atoms with E-state index in [4.69, 9.17) is 0 Å². The highest BCUT2D eigenvalue weighted by molar-refractivity contribution is 7.79. The molecule has 0 spiro atoms. The molecule has 1 aromatic heterocycles. The van der Waals surface area contributed by atoms with Crippen molar-refractivity contribution in [2.75, 3.05) is 5.32 Å². The first kappa shape index (κ1) is 14.4. The van der Waals surface area contributed by atoms with Crippen LogP contribution in [0.1, 0.15) is 18.9 Å². The van der Waals surface area contributed by atoms with E-state index >= 15 is 0 Å². The number of allylic oxidation sites excluding steroid dienone is 1. The van der Waals surface area contributed by atoms with Gasteiger partial charge in [0.25, 0.3) is 0 Å². The van der Waals surface area contributed by atoms with Crippen molar-refractivity contribution in [2.24, 2.45) is 0 Å². The van der Waals surface area contributed by atoms with Crippen LogP contribution in [0.2, 0.25) is 0 Å². The zero-order valence-electron chi connectivity index (χ0n) is 11.1. The smallest absolute Gasteiger partial charge is 0.188 e. The average Bonchev–Trinajstić information content (AvgIpc) is 2.48. The number of benzene rings is 1. The van der Waals surface area contributed by atoms with Gasteiger partial charge in [0.15, 0.2) is 11.1 Å². The molecule has 20 heavy (non-hydrogen) atoms. The Balaban J connectivity index is 2.30. The number of nitrogens with one attached hydrogen (secondary N) is 1. The summed E-state index contributed by atoms with van der Waals surface area (Å²) in [6.07, 6.45) is 5.68. The number of rotatable bonds is 5. The van der Waals surface area contributed by atoms with Gasteiger partial charge in [0.2, 0.25) is 0 Å². The molecule has 0 bridgehead atoms. The number of hydrogen-bond acceptors (Lipinski definition) is 3. The topological polar surface area (TPSA) is 62.2 Å². The Morgan fingerprint density at radius 1 is 1.35 bits per heavy atom. The van der Waals surface area contributed by atoms with Crippen molar-refractivity contribution < 1.29 is 8.76 Å². The van der Waals surface area contributed by atoms with Crippen LogP contribution >= 0.6 is 0 Å². The molecule has 1 aromatic carbocycles. The molecule has 1 heterocycles. The van der Waals surface area contributed by atoms with Gasteiger partial charge >= 0.3 is 0 Å². The zero-order chi connectivity index (χ0) is 14.4. The molecule has 0 aliphatic carbocycles. The highest BCUT2D eigenvalue weighted by atomic mass is 32.2. The fourth-order valence-corrected chi connectivity index (χ4v) is 2.26. The molecular formula is C15H16N2O2S. The molecule has 1 unspecified atom stereocenters. The minimum atomic E-state index is -2.04. The van der Waals surface area contributed by atoms with Crippen molar-refractivity contribution in [2.45, 2.75) is 18.2 Å². The minimum absolute atomic E-state index is 0.313. The first-order chi connectivity index (χ1) is 9.70. The maximum Gasteiger partial charge on any atom is 0.188 e. The maximum absolute atomic E-state index is 11.3. The second-order valence-electron chi connectivity index (χ2n) is 4.18. The van der Waals surface area contributed by atoms with Gasteiger partial charge < -0.3 is 9.87 Å². The van der Waals surface area contributed by atoms with Crippen LogP contribution in [0.5, 0.6) is 0 Å². The molecule has 0 amide bonds. The summed E-state index contributed by atoms with van der Waals surface area (Å²) >= 11 is -2.04. The van der Waals surface area contributed by atoms with Crippen molar-refractivity contribution >= 4 is 22.8 Å². The quantitative estimate of drug-likeness (QED) is 0.826. The molecule has 2 N–H and O–H groups in total. The van der Waals surface area contributed by atoms with Gasteiger partial charge in [-0.25, -0.2) is 4.21 Å². The van der Waals surface area contributed by atoms with Crippen LogP contribution in [0.4, 0.5) is 5.69 Å². The van der Waals surface area contributed by atoms with E-state index in [1.807, 2.05) is 43.3 Å². The predicted octanol–water partition coefficient (Wildman–Crippen LogP) is 3.53. The average molecular weight is 288 g/mol. The minimum Gasteiger partial charge on any atom is -0.359 e. The Hall–Kier alpha value is -1.98. The lowest BCUT2D eigenvalue weighted by atomic mass is 10.2. The summed E-state index contributed by atoms with van der Waals surface area (Å²) in [4.78, 5) is 4.19. The van der Waals surface area contributed by atoms with Crippen molar-refractivity contribution in [3.05, 3.63) is 60.1 Å². The van der Waals surface area contributed by atoms with Crippen LogP contribution < -0.4 is 5.32 Å². The van der Waals surface area contributed by atoms with Crippen LogP contribution in [-0.4, -0.2) is 13.7 Å². The standard InChI is InChI=1S/C15H16N2O2S/c1-2-13(17-14-6-4-3-5-7-14)10-12-8-9-16-11-15(12)20(18)19/h3-11,17H,2H2,1H3,(H,18,19)/b13-10-. The number of pyridine rings is 1. The van der Waals surface area contributed by atoms with Crippen LogP contribution in [0.3, 0.4) is 0 Å². The summed E-state index contributed by atoms with van der Waals surface area (Å²) in [5, 5.41) is 3.30. The van der Waals surface area contributed by atoms with Gasteiger partial charge in [0.1, 0.15) is 0 Å². The van der Waals surface area contributed by atoms with Gasteiger partial charge in [-0.15, -0.1) is 0 Å². The summed E-state index contributed by atoms with van der Waals surface area (Å²) in [5.74, 6) is 0. The maximum atomic E-state index is 11.3. The summed E-state index contributed by atoms with van der Waals surface area (Å²) in [6, 6.07) is 11.5. The Labute approximate surface area is 120 Å². The molecule has 2 rings (SSSR count). The molecule has 104 valence electrons. The van der Waals surface area contributed by atoms with Crippen molar-refractivity contribution in [3.8, 4) is 0 Å². The van der Waals surface area contributed by atoms with Crippen LogP contribution in [0, 0.1) is 0 Å². The van der Waals surface area contributed by atoms with Crippen LogP contribution in [0.15, 0.2) is 59.4 Å². The Bertz CT molecular complexity index is 627.